The molecule has 1 aliphatic rings. The van der Waals surface area contributed by atoms with E-state index in [1.807, 2.05) is 13.8 Å². The molecular formula is C14H26N2O3. The molecule has 1 amide bonds. The molecule has 0 spiro atoms. The van der Waals surface area contributed by atoms with Crippen molar-refractivity contribution in [3.05, 3.63) is 0 Å². The van der Waals surface area contributed by atoms with Gasteiger partial charge in [-0.25, -0.2) is 4.79 Å². The molecule has 0 radical (unpaired) electrons. The van der Waals surface area contributed by atoms with Crippen molar-refractivity contribution in [2.24, 2.45) is 0 Å². The van der Waals surface area contributed by atoms with E-state index in [4.69, 9.17) is 0 Å². The highest BCUT2D eigenvalue weighted by Crippen LogP contribution is 2.30. The van der Waals surface area contributed by atoms with Crippen LogP contribution in [0.3, 0.4) is 0 Å². The summed E-state index contributed by atoms with van der Waals surface area (Å²) in [6.07, 6.45) is 3.44. The number of carboxylic acid groups (broad SMARTS) is 1. The lowest BCUT2D eigenvalue weighted by atomic mass is 9.88. The van der Waals surface area contributed by atoms with Crippen molar-refractivity contribution in [1.29, 1.82) is 0 Å². The molecule has 1 fully saturated rings. The van der Waals surface area contributed by atoms with Gasteiger partial charge in [0.15, 0.2) is 0 Å². The minimum atomic E-state index is -1.17. The number of hydrogen-bond acceptors (Lipinski definition) is 3. The predicted octanol–water partition coefficient (Wildman–Crippen LogP) is 1.62. The van der Waals surface area contributed by atoms with Gasteiger partial charge in [0.25, 0.3) is 0 Å². The fourth-order valence-corrected chi connectivity index (χ4v) is 2.90. The average Bonchev–Trinajstić information content (AvgIpc) is 2.79. The van der Waals surface area contributed by atoms with E-state index in [1.54, 1.807) is 13.8 Å². The Balaban J connectivity index is 3.03. The van der Waals surface area contributed by atoms with E-state index < -0.39 is 17.0 Å². The third kappa shape index (κ3) is 2.91. The van der Waals surface area contributed by atoms with E-state index in [1.165, 1.54) is 4.90 Å². The van der Waals surface area contributed by atoms with Crippen molar-refractivity contribution in [2.45, 2.75) is 64.5 Å². The van der Waals surface area contributed by atoms with Crippen LogP contribution < -0.4 is 5.32 Å². The summed E-state index contributed by atoms with van der Waals surface area (Å²) in [5, 5.41) is 12.6. The Labute approximate surface area is 115 Å². The standard InChI is InChI=1S/C14H26N2O3/c1-5-8-14(9-7-10-15-14)11(17)16(6-2)13(3,4)12(18)19/h15H,5-10H2,1-4H3,(H,18,19). The summed E-state index contributed by atoms with van der Waals surface area (Å²) in [7, 11) is 0. The number of carbonyl (C=O) groups is 2. The van der Waals surface area contributed by atoms with Crippen LogP contribution in [0.5, 0.6) is 0 Å². The summed E-state index contributed by atoms with van der Waals surface area (Å²) >= 11 is 0. The highest BCUT2D eigenvalue weighted by molar-refractivity contribution is 5.92. The van der Waals surface area contributed by atoms with Gasteiger partial charge in [-0.05, 0) is 46.6 Å². The molecule has 2 N–H and O–H groups in total. The van der Waals surface area contributed by atoms with E-state index in [2.05, 4.69) is 5.32 Å². The maximum atomic E-state index is 12.8. The number of aliphatic carboxylic acids is 1. The third-order valence-corrected chi connectivity index (χ3v) is 4.09. The molecule has 5 heteroatoms. The largest absolute Gasteiger partial charge is 0.480 e. The fraction of sp³-hybridized carbons (Fsp3) is 0.857. The molecule has 1 aliphatic heterocycles. The molecule has 1 saturated heterocycles. The SMILES string of the molecule is CCCC1(C(=O)N(CC)C(C)(C)C(=O)O)CCCN1. The first-order valence-electron chi connectivity index (χ1n) is 7.12. The summed E-state index contributed by atoms with van der Waals surface area (Å²) in [5.74, 6) is -1.03. The molecule has 0 aromatic carbocycles. The van der Waals surface area contributed by atoms with Gasteiger partial charge < -0.3 is 15.3 Å². The Kier molecular flexibility index (Phi) is 4.96. The van der Waals surface area contributed by atoms with E-state index >= 15 is 0 Å². The zero-order valence-electron chi connectivity index (χ0n) is 12.5. The number of carboxylic acids is 1. The number of nitrogens with zero attached hydrogens (tertiary/aromatic N) is 1. The number of carbonyl (C=O) groups excluding carboxylic acids is 1. The molecule has 0 aliphatic carbocycles. The Morgan fingerprint density at radius 3 is 2.37 bits per heavy atom. The zero-order valence-corrected chi connectivity index (χ0v) is 12.5. The lowest BCUT2D eigenvalue weighted by Gasteiger charge is -2.40. The smallest absolute Gasteiger partial charge is 0.329 e. The third-order valence-electron chi connectivity index (χ3n) is 4.09. The van der Waals surface area contributed by atoms with Gasteiger partial charge in [-0.2, -0.15) is 0 Å². The van der Waals surface area contributed by atoms with E-state index in [-0.39, 0.29) is 5.91 Å². The van der Waals surface area contributed by atoms with Gasteiger partial charge in [0.2, 0.25) is 5.91 Å². The molecule has 1 atom stereocenters. The maximum absolute atomic E-state index is 12.8. The monoisotopic (exact) mass is 270 g/mol. The summed E-state index contributed by atoms with van der Waals surface area (Å²) in [5.41, 5.74) is -1.73. The van der Waals surface area contributed by atoms with Crippen molar-refractivity contribution in [1.82, 2.24) is 10.2 Å². The predicted molar refractivity (Wildman–Crippen MR) is 74.0 cm³/mol. The molecule has 1 rings (SSSR count). The molecule has 1 heterocycles. The number of nitrogens with one attached hydrogen (secondary N) is 1. The van der Waals surface area contributed by atoms with Crippen LogP contribution in [-0.2, 0) is 9.59 Å². The molecule has 1 unspecified atom stereocenters. The Hall–Kier alpha value is -1.10. The van der Waals surface area contributed by atoms with Crippen LogP contribution in [-0.4, -0.2) is 46.1 Å². The first-order chi connectivity index (χ1) is 8.81. The minimum absolute atomic E-state index is 0.0678. The Morgan fingerprint density at radius 2 is 2.00 bits per heavy atom. The lowest BCUT2D eigenvalue weighted by molar-refractivity contribution is -0.159. The van der Waals surface area contributed by atoms with Crippen molar-refractivity contribution in [3.63, 3.8) is 0 Å². The maximum Gasteiger partial charge on any atom is 0.329 e. The average molecular weight is 270 g/mol. The molecular weight excluding hydrogens is 244 g/mol. The van der Waals surface area contributed by atoms with Crippen LogP contribution in [0.4, 0.5) is 0 Å². The summed E-state index contributed by atoms with van der Waals surface area (Å²) in [4.78, 5) is 25.7. The first-order valence-corrected chi connectivity index (χ1v) is 7.12. The highest BCUT2D eigenvalue weighted by atomic mass is 16.4. The molecule has 110 valence electrons. The van der Waals surface area contributed by atoms with Gasteiger partial charge in [-0.15, -0.1) is 0 Å². The van der Waals surface area contributed by atoms with Gasteiger partial charge in [-0.1, -0.05) is 13.3 Å². The van der Waals surface area contributed by atoms with Gasteiger partial charge >= 0.3 is 5.97 Å². The van der Waals surface area contributed by atoms with E-state index in [0.717, 1.165) is 32.2 Å². The molecule has 19 heavy (non-hydrogen) atoms. The second-order valence-electron chi connectivity index (χ2n) is 5.78. The topological polar surface area (TPSA) is 69.6 Å². The molecule has 0 saturated carbocycles. The van der Waals surface area contributed by atoms with Crippen LogP contribution in [0.15, 0.2) is 0 Å². The van der Waals surface area contributed by atoms with Crippen molar-refractivity contribution in [3.8, 4) is 0 Å². The Bertz CT molecular complexity index is 347. The number of likely N-dealkylation sites (N-methyl/N-ethyl adjacent to an activating group) is 1. The molecule has 0 aromatic heterocycles. The van der Waals surface area contributed by atoms with Gasteiger partial charge in [0.1, 0.15) is 5.54 Å². The highest BCUT2D eigenvalue weighted by Gasteiger charge is 2.47. The minimum Gasteiger partial charge on any atom is -0.480 e. The first kappa shape index (κ1) is 16.0. The van der Waals surface area contributed by atoms with Crippen LogP contribution in [0.1, 0.15) is 53.4 Å². The molecule has 5 nitrogen and oxygen atoms in total. The van der Waals surface area contributed by atoms with Gasteiger partial charge in [0.05, 0.1) is 5.54 Å². The van der Waals surface area contributed by atoms with Crippen molar-refractivity contribution >= 4 is 11.9 Å². The summed E-state index contributed by atoms with van der Waals surface area (Å²) in [6, 6.07) is 0. The number of hydrogen-bond donors (Lipinski definition) is 2. The Morgan fingerprint density at radius 1 is 1.37 bits per heavy atom. The normalized spacial score (nSPS) is 23.4. The van der Waals surface area contributed by atoms with Crippen molar-refractivity contribution in [2.75, 3.05) is 13.1 Å². The fourth-order valence-electron chi connectivity index (χ4n) is 2.90. The second-order valence-corrected chi connectivity index (χ2v) is 5.78. The zero-order chi connectivity index (χ0) is 14.7. The number of rotatable bonds is 6. The second kappa shape index (κ2) is 5.90. The van der Waals surface area contributed by atoms with Crippen LogP contribution in [0.25, 0.3) is 0 Å². The molecule has 0 bridgehead atoms. The van der Waals surface area contributed by atoms with Crippen LogP contribution in [0.2, 0.25) is 0 Å². The summed E-state index contributed by atoms with van der Waals surface area (Å²) in [6.45, 7) is 8.30. The van der Waals surface area contributed by atoms with Gasteiger partial charge in [-0.3, -0.25) is 4.79 Å². The quantitative estimate of drug-likeness (QED) is 0.769. The van der Waals surface area contributed by atoms with Crippen molar-refractivity contribution < 1.29 is 14.7 Å². The van der Waals surface area contributed by atoms with Crippen LogP contribution >= 0.6 is 0 Å². The number of amides is 1. The summed E-state index contributed by atoms with van der Waals surface area (Å²) < 4.78 is 0. The lowest BCUT2D eigenvalue weighted by Crippen LogP contribution is -2.62. The van der Waals surface area contributed by atoms with E-state index in [0.29, 0.717) is 6.54 Å². The van der Waals surface area contributed by atoms with E-state index in [9.17, 15) is 14.7 Å². The van der Waals surface area contributed by atoms with Gasteiger partial charge in [0, 0.05) is 6.54 Å². The van der Waals surface area contributed by atoms with Crippen LogP contribution in [0, 0.1) is 0 Å². The molecule has 0 aromatic rings.